The van der Waals surface area contributed by atoms with Crippen molar-refractivity contribution in [1.82, 2.24) is 0 Å². The fourth-order valence-electron chi connectivity index (χ4n) is 1.89. The molecule has 96 valence electrons. The van der Waals surface area contributed by atoms with Crippen LogP contribution in [-0.2, 0) is 10.8 Å². The maximum atomic E-state index is 10.4. The van der Waals surface area contributed by atoms with Gasteiger partial charge in [0, 0.05) is 16.0 Å². The van der Waals surface area contributed by atoms with Crippen LogP contribution in [0.1, 0.15) is 52.7 Å². The van der Waals surface area contributed by atoms with Gasteiger partial charge in [0.25, 0.3) is 0 Å². The molecule has 0 saturated heterocycles. The lowest BCUT2D eigenvalue weighted by Gasteiger charge is -2.28. The number of benzene rings is 1. The highest BCUT2D eigenvalue weighted by atomic mass is 35.5. The molecule has 3 heteroatoms. The Morgan fingerprint density at radius 1 is 1.06 bits per heavy atom. The minimum Gasteiger partial charge on any atom is -0.507 e. The topological polar surface area (TPSA) is 20.2 Å². The zero-order chi connectivity index (χ0) is 13.6. The lowest BCUT2D eigenvalue weighted by molar-refractivity contribution is 0.422. The number of phenols is 1. The molecule has 0 bridgehead atoms. The van der Waals surface area contributed by atoms with Gasteiger partial charge in [-0.3, -0.25) is 0 Å². The Morgan fingerprint density at radius 2 is 1.53 bits per heavy atom. The zero-order valence-corrected chi connectivity index (χ0v) is 13.0. The van der Waals surface area contributed by atoms with Crippen LogP contribution in [0.3, 0.4) is 0 Å². The Hall–Kier alpha value is -0.340. The highest BCUT2D eigenvalue weighted by molar-refractivity contribution is 7.80. The summed E-state index contributed by atoms with van der Waals surface area (Å²) in [6.45, 7) is 12.3. The van der Waals surface area contributed by atoms with Crippen molar-refractivity contribution in [3.63, 3.8) is 0 Å². The molecule has 0 atom stereocenters. The molecule has 0 aliphatic carbocycles. The van der Waals surface area contributed by atoms with Gasteiger partial charge in [-0.2, -0.15) is 0 Å². The number of hydrogen-bond acceptors (Lipinski definition) is 2. The van der Waals surface area contributed by atoms with Crippen molar-refractivity contribution in [2.24, 2.45) is 0 Å². The highest BCUT2D eigenvalue weighted by Crippen LogP contribution is 2.45. The number of hydrogen-bond donors (Lipinski definition) is 2. The largest absolute Gasteiger partial charge is 0.507 e. The average Bonchev–Trinajstić information content (AvgIpc) is 2.07. The van der Waals surface area contributed by atoms with Crippen molar-refractivity contribution in [2.45, 2.75) is 57.3 Å². The molecule has 1 N–H and O–H groups in total. The second-order valence-corrected chi connectivity index (χ2v) is 7.34. The van der Waals surface area contributed by atoms with Crippen LogP contribution in [0.25, 0.3) is 0 Å². The summed E-state index contributed by atoms with van der Waals surface area (Å²) in [5.41, 5.74) is 1.32. The van der Waals surface area contributed by atoms with E-state index in [0.717, 1.165) is 16.0 Å². The Labute approximate surface area is 115 Å². The summed E-state index contributed by atoms with van der Waals surface area (Å²) >= 11 is 10.7. The molecule has 1 rings (SSSR count). The molecule has 0 radical (unpaired) electrons. The second kappa shape index (κ2) is 4.40. The molecule has 0 fully saturated rings. The molecule has 0 aromatic heterocycles. The molecule has 0 heterocycles. The third kappa shape index (κ3) is 2.92. The fraction of sp³-hybridized carbons (Fsp3) is 0.571. The van der Waals surface area contributed by atoms with Crippen molar-refractivity contribution in [3.8, 4) is 5.75 Å². The first-order chi connectivity index (χ1) is 7.46. The smallest absolute Gasteiger partial charge is 0.124 e. The molecule has 0 saturated carbocycles. The molecule has 1 aromatic rings. The van der Waals surface area contributed by atoms with Crippen LogP contribution in [0.15, 0.2) is 11.0 Å². The van der Waals surface area contributed by atoms with Crippen LogP contribution < -0.4 is 0 Å². The van der Waals surface area contributed by atoms with Gasteiger partial charge in [-0.15, -0.1) is 12.6 Å². The molecule has 0 aliphatic rings. The van der Waals surface area contributed by atoms with E-state index in [-0.39, 0.29) is 10.8 Å². The molecule has 0 amide bonds. The van der Waals surface area contributed by atoms with Gasteiger partial charge in [0.2, 0.25) is 0 Å². The van der Waals surface area contributed by atoms with E-state index in [2.05, 4.69) is 33.4 Å². The third-order valence-corrected chi connectivity index (χ3v) is 3.65. The summed E-state index contributed by atoms with van der Waals surface area (Å²) in [5.74, 6) is 0.299. The van der Waals surface area contributed by atoms with Crippen LogP contribution in [0.2, 0.25) is 5.02 Å². The van der Waals surface area contributed by atoms with E-state index >= 15 is 0 Å². The zero-order valence-electron chi connectivity index (χ0n) is 11.3. The normalized spacial score (nSPS) is 12.9. The number of thiol groups is 1. The molecular weight excluding hydrogens is 252 g/mol. The Morgan fingerprint density at radius 3 is 1.88 bits per heavy atom. The van der Waals surface area contributed by atoms with Crippen molar-refractivity contribution < 1.29 is 5.11 Å². The van der Waals surface area contributed by atoms with Crippen LogP contribution >= 0.6 is 24.2 Å². The van der Waals surface area contributed by atoms with Crippen molar-refractivity contribution >= 4 is 24.2 Å². The van der Waals surface area contributed by atoms with Crippen LogP contribution in [-0.4, -0.2) is 5.11 Å². The molecule has 0 spiro atoms. The van der Waals surface area contributed by atoms with Crippen molar-refractivity contribution in [1.29, 1.82) is 0 Å². The maximum absolute atomic E-state index is 10.4. The van der Waals surface area contributed by atoms with E-state index in [1.807, 2.05) is 26.8 Å². The van der Waals surface area contributed by atoms with Gasteiger partial charge < -0.3 is 5.11 Å². The van der Waals surface area contributed by atoms with Gasteiger partial charge in [-0.1, -0.05) is 53.1 Å². The average molecular weight is 273 g/mol. The lowest BCUT2D eigenvalue weighted by atomic mass is 9.79. The molecule has 0 aliphatic heterocycles. The quantitative estimate of drug-likeness (QED) is 0.642. The molecule has 1 aromatic carbocycles. The molecule has 1 nitrogen and oxygen atoms in total. The van der Waals surface area contributed by atoms with E-state index in [9.17, 15) is 5.11 Å². The van der Waals surface area contributed by atoms with E-state index in [0.29, 0.717) is 10.8 Å². The monoisotopic (exact) mass is 272 g/mol. The SMILES string of the molecule is CC(C)(C)c1cc(S)c(Cl)c(C(C)(C)C)c1O. The Balaban J connectivity index is 3.67. The van der Waals surface area contributed by atoms with Gasteiger partial charge in [-0.25, -0.2) is 0 Å². The van der Waals surface area contributed by atoms with Crippen LogP contribution in [0, 0.1) is 0 Å². The van der Waals surface area contributed by atoms with Crippen LogP contribution in [0.4, 0.5) is 0 Å². The van der Waals surface area contributed by atoms with Gasteiger partial charge in [-0.05, 0) is 16.9 Å². The minimum atomic E-state index is -0.208. The summed E-state index contributed by atoms with van der Waals surface area (Å²) < 4.78 is 0. The third-order valence-electron chi connectivity index (χ3n) is 2.78. The van der Waals surface area contributed by atoms with Crippen molar-refractivity contribution in [3.05, 3.63) is 22.2 Å². The Bertz CT molecular complexity index is 439. The highest BCUT2D eigenvalue weighted by Gasteiger charge is 2.29. The van der Waals surface area contributed by atoms with Gasteiger partial charge in [0.15, 0.2) is 0 Å². The van der Waals surface area contributed by atoms with Gasteiger partial charge in [0.05, 0.1) is 5.02 Å². The van der Waals surface area contributed by atoms with Gasteiger partial charge in [0.1, 0.15) is 5.75 Å². The first kappa shape index (κ1) is 14.7. The predicted octanol–water partition coefficient (Wildman–Crippen LogP) is 4.93. The summed E-state index contributed by atoms with van der Waals surface area (Å²) in [5, 5.41) is 11.0. The molecular formula is C14H21ClOS. The standard InChI is InChI=1S/C14H21ClOS/c1-13(2,3)8-7-9(17)11(15)10(12(8)16)14(4,5)6/h7,16-17H,1-6H3. The fourth-order valence-corrected chi connectivity index (χ4v) is 2.56. The van der Waals surface area contributed by atoms with E-state index in [1.165, 1.54) is 0 Å². The number of halogens is 1. The van der Waals surface area contributed by atoms with Crippen molar-refractivity contribution in [2.75, 3.05) is 0 Å². The Kier molecular flexibility index (Phi) is 3.81. The molecule has 17 heavy (non-hydrogen) atoms. The molecule has 0 unspecified atom stereocenters. The van der Waals surface area contributed by atoms with E-state index < -0.39 is 0 Å². The number of aromatic hydroxyl groups is 1. The van der Waals surface area contributed by atoms with E-state index in [4.69, 9.17) is 11.6 Å². The number of rotatable bonds is 0. The van der Waals surface area contributed by atoms with E-state index in [1.54, 1.807) is 0 Å². The maximum Gasteiger partial charge on any atom is 0.124 e. The summed E-state index contributed by atoms with van der Waals surface area (Å²) in [6.07, 6.45) is 0. The van der Waals surface area contributed by atoms with Gasteiger partial charge >= 0.3 is 0 Å². The number of phenolic OH excluding ortho intramolecular Hbond substituents is 1. The summed E-state index contributed by atoms with van der Waals surface area (Å²) in [7, 11) is 0. The van der Waals surface area contributed by atoms with Crippen LogP contribution in [0.5, 0.6) is 5.75 Å². The minimum absolute atomic E-state index is 0.133. The first-order valence-electron chi connectivity index (χ1n) is 5.71. The lowest BCUT2D eigenvalue weighted by Crippen LogP contribution is -2.18. The predicted molar refractivity (Wildman–Crippen MR) is 77.8 cm³/mol. The first-order valence-corrected chi connectivity index (χ1v) is 6.54. The summed E-state index contributed by atoms with van der Waals surface area (Å²) in [4.78, 5) is 0.722. The summed E-state index contributed by atoms with van der Waals surface area (Å²) in [6, 6.07) is 1.86. The second-order valence-electron chi connectivity index (χ2n) is 6.48.